The number of thiophene rings is 1. The fourth-order valence-corrected chi connectivity index (χ4v) is 1.86. The van der Waals surface area contributed by atoms with Gasteiger partial charge in [0.25, 0.3) is 0 Å². The molecule has 1 heterocycles. The van der Waals surface area contributed by atoms with E-state index in [2.05, 4.69) is 16.8 Å². The largest absolute Gasteiger partial charge is 0.152 e. The van der Waals surface area contributed by atoms with E-state index in [0.29, 0.717) is 0 Å². The van der Waals surface area contributed by atoms with E-state index in [1.807, 2.05) is 24.3 Å². The second-order valence-corrected chi connectivity index (χ2v) is 3.74. The van der Waals surface area contributed by atoms with Crippen molar-refractivity contribution in [3.8, 4) is 11.1 Å². The molecule has 0 fully saturated rings. The van der Waals surface area contributed by atoms with Crippen molar-refractivity contribution in [2.24, 2.45) is 0 Å². The molecule has 0 aliphatic carbocycles. The second kappa shape index (κ2) is 3.30. The molecule has 0 saturated carbocycles. The molecule has 0 saturated heterocycles. The second-order valence-electron chi connectivity index (χ2n) is 2.52. The summed E-state index contributed by atoms with van der Waals surface area (Å²) in [6.45, 7) is 0. The summed E-state index contributed by atoms with van der Waals surface area (Å²) in [7, 11) is 0. The van der Waals surface area contributed by atoms with Crippen LogP contribution in [0.15, 0.2) is 41.1 Å². The van der Waals surface area contributed by atoms with Crippen LogP contribution >= 0.6 is 22.9 Å². The maximum absolute atomic E-state index is 5.78. The van der Waals surface area contributed by atoms with Crippen LogP contribution in [0, 0.1) is 0 Å². The summed E-state index contributed by atoms with van der Waals surface area (Å²) in [5.41, 5.74) is 2.48. The Bertz CT molecular complexity index is 348. The first kappa shape index (κ1) is 7.84. The Labute approximate surface area is 80.4 Å². The van der Waals surface area contributed by atoms with E-state index >= 15 is 0 Å². The normalized spacial score (nSPS) is 10.1. The van der Waals surface area contributed by atoms with Crippen LogP contribution < -0.4 is 0 Å². The van der Waals surface area contributed by atoms with E-state index in [9.17, 15) is 0 Å². The summed E-state index contributed by atoms with van der Waals surface area (Å²) in [4.78, 5) is 0. The van der Waals surface area contributed by atoms with E-state index in [1.165, 1.54) is 11.1 Å². The predicted molar refractivity (Wildman–Crippen MR) is 54.8 cm³/mol. The van der Waals surface area contributed by atoms with Crippen LogP contribution in [-0.4, -0.2) is 0 Å². The van der Waals surface area contributed by atoms with Gasteiger partial charge in [0, 0.05) is 5.02 Å². The molecule has 0 amide bonds. The fraction of sp³-hybridized carbons (Fsp3) is 0. The highest BCUT2D eigenvalue weighted by Gasteiger charge is 1.95. The Kier molecular flexibility index (Phi) is 2.15. The summed E-state index contributed by atoms with van der Waals surface area (Å²) in [5.74, 6) is 0. The Morgan fingerprint density at radius 3 is 2.25 bits per heavy atom. The summed E-state index contributed by atoms with van der Waals surface area (Å²) < 4.78 is 0. The number of hydrogen-bond acceptors (Lipinski definition) is 1. The molecule has 0 aliphatic rings. The molecule has 12 heavy (non-hydrogen) atoms. The van der Waals surface area contributed by atoms with Gasteiger partial charge in [0.15, 0.2) is 0 Å². The third-order valence-corrected chi connectivity index (χ3v) is 2.63. The van der Waals surface area contributed by atoms with Gasteiger partial charge in [-0.1, -0.05) is 23.7 Å². The van der Waals surface area contributed by atoms with Gasteiger partial charge in [0.1, 0.15) is 0 Å². The van der Waals surface area contributed by atoms with Crippen molar-refractivity contribution in [2.75, 3.05) is 0 Å². The minimum atomic E-state index is 0.786. The SMILES string of the molecule is Clc1ccc(-c2ccsc2)cc1. The van der Waals surface area contributed by atoms with Crippen LogP contribution in [0.4, 0.5) is 0 Å². The number of halogens is 1. The van der Waals surface area contributed by atoms with Crippen LogP contribution in [0.1, 0.15) is 0 Å². The van der Waals surface area contributed by atoms with Gasteiger partial charge in [-0.3, -0.25) is 0 Å². The average molecular weight is 195 g/mol. The zero-order valence-corrected chi connectivity index (χ0v) is 7.90. The van der Waals surface area contributed by atoms with E-state index in [1.54, 1.807) is 11.3 Å². The number of hydrogen-bond donors (Lipinski definition) is 0. The lowest BCUT2D eigenvalue weighted by atomic mass is 10.1. The molecule has 0 radical (unpaired) electrons. The molecule has 0 aliphatic heterocycles. The van der Waals surface area contributed by atoms with Crippen molar-refractivity contribution in [3.63, 3.8) is 0 Å². The van der Waals surface area contributed by atoms with Crippen LogP contribution in [0.3, 0.4) is 0 Å². The van der Waals surface area contributed by atoms with Crippen molar-refractivity contribution < 1.29 is 0 Å². The summed E-state index contributed by atoms with van der Waals surface area (Å²) in [6.07, 6.45) is 0. The van der Waals surface area contributed by atoms with Crippen molar-refractivity contribution >= 4 is 22.9 Å². The lowest BCUT2D eigenvalue weighted by Gasteiger charge is -1.96. The third-order valence-electron chi connectivity index (χ3n) is 1.70. The van der Waals surface area contributed by atoms with Gasteiger partial charge < -0.3 is 0 Å². The first-order chi connectivity index (χ1) is 5.86. The highest BCUT2D eigenvalue weighted by Crippen LogP contribution is 2.23. The third kappa shape index (κ3) is 1.52. The molecular formula is C10H7ClS. The monoisotopic (exact) mass is 194 g/mol. The maximum atomic E-state index is 5.78. The highest BCUT2D eigenvalue weighted by atomic mass is 35.5. The fourth-order valence-electron chi connectivity index (χ4n) is 1.07. The van der Waals surface area contributed by atoms with Gasteiger partial charge in [-0.15, -0.1) is 0 Å². The standard InChI is InChI=1S/C10H7ClS/c11-10-3-1-8(2-4-10)9-5-6-12-7-9/h1-7H. The van der Waals surface area contributed by atoms with E-state index in [0.717, 1.165) is 5.02 Å². The van der Waals surface area contributed by atoms with E-state index < -0.39 is 0 Å². The Hall–Kier alpha value is -0.790. The lowest BCUT2D eigenvalue weighted by molar-refractivity contribution is 1.67. The quantitative estimate of drug-likeness (QED) is 0.642. The first-order valence-electron chi connectivity index (χ1n) is 3.64. The Balaban J connectivity index is 2.43. The molecule has 0 unspecified atom stereocenters. The predicted octanol–water partition coefficient (Wildman–Crippen LogP) is 4.07. The van der Waals surface area contributed by atoms with Gasteiger partial charge in [-0.05, 0) is 40.1 Å². The topological polar surface area (TPSA) is 0 Å². The van der Waals surface area contributed by atoms with E-state index in [-0.39, 0.29) is 0 Å². The molecule has 60 valence electrons. The first-order valence-corrected chi connectivity index (χ1v) is 4.96. The number of rotatable bonds is 1. The van der Waals surface area contributed by atoms with Gasteiger partial charge in [0.2, 0.25) is 0 Å². The van der Waals surface area contributed by atoms with Gasteiger partial charge >= 0.3 is 0 Å². The minimum Gasteiger partial charge on any atom is -0.152 e. The summed E-state index contributed by atoms with van der Waals surface area (Å²) in [6, 6.07) is 9.99. The highest BCUT2D eigenvalue weighted by molar-refractivity contribution is 7.08. The molecule has 0 spiro atoms. The van der Waals surface area contributed by atoms with Crippen molar-refractivity contribution in [2.45, 2.75) is 0 Å². The zero-order valence-electron chi connectivity index (χ0n) is 6.33. The zero-order chi connectivity index (χ0) is 8.39. The molecule has 0 N–H and O–H groups in total. The molecule has 2 heteroatoms. The van der Waals surface area contributed by atoms with Crippen LogP contribution in [0.2, 0.25) is 5.02 Å². The molecule has 0 nitrogen and oxygen atoms in total. The lowest BCUT2D eigenvalue weighted by Crippen LogP contribution is -1.71. The Morgan fingerprint density at radius 2 is 1.67 bits per heavy atom. The van der Waals surface area contributed by atoms with Crippen molar-refractivity contribution in [1.29, 1.82) is 0 Å². The number of benzene rings is 1. The summed E-state index contributed by atoms with van der Waals surface area (Å²) >= 11 is 7.48. The molecule has 1 aromatic carbocycles. The Morgan fingerprint density at radius 1 is 0.917 bits per heavy atom. The van der Waals surface area contributed by atoms with Gasteiger partial charge in [-0.2, -0.15) is 11.3 Å². The molecular weight excluding hydrogens is 188 g/mol. The molecule has 2 rings (SSSR count). The van der Waals surface area contributed by atoms with Gasteiger partial charge in [-0.25, -0.2) is 0 Å². The average Bonchev–Trinajstić information content (AvgIpc) is 2.58. The van der Waals surface area contributed by atoms with Crippen molar-refractivity contribution in [3.05, 3.63) is 46.1 Å². The molecule has 0 bridgehead atoms. The van der Waals surface area contributed by atoms with Crippen LogP contribution in [-0.2, 0) is 0 Å². The molecule has 2 aromatic rings. The minimum absolute atomic E-state index is 0.786. The molecule has 1 aromatic heterocycles. The van der Waals surface area contributed by atoms with Crippen LogP contribution in [0.25, 0.3) is 11.1 Å². The molecule has 0 atom stereocenters. The van der Waals surface area contributed by atoms with Crippen LogP contribution in [0.5, 0.6) is 0 Å². The van der Waals surface area contributed by atoms with E-state index in [4.69, 9.17) is 11.6 Å². The summed E-state index contributed by atoms with van der Waals surface area (Å²) in [5, 5.41) is 4.99. The maximum Gasteiger partial charge on any atom is 0.0406 e. The van der Waals surface area contributed by atoms with Gasteiger partial charge in [0.05, 0.1) is 0 Å². The smallest absolute Gasteiger partial charge is 0.0406 e. The van der Waals surface area contributed by atoms with Crippen molar-refractivity contribution in [1.82, 2.24) is 0 Å².